The van der Waals surface area contributed by atoms with Gasteiger partial charge in [-0.05, 0) is 19.3 Å². The minimum absolute atomic E-state index is 0. The van der Waals surface area contributed by atoms with Crippen molar-refractivity contribution in [1.29, 1.82) is 0 Å². The Hall–Kier alpha value is 0.250. The number of rotatable bonds is 11. The first kappa shape index (κ1) is 20.6. The summed E-state index contributed by atoms with van der Waals surface area (Å²) in [4.78, 5) is 0. The molecule has 0 aliphatic heterocycles. The molecular weight excluding hydrogens is 242 g/mol. The molecule has 0 rings (SSSR count). The van der Waals surface area contributed by atoms with E-state index in [9.17, 15) is 0 Å². The van der Waals surface area contributed by atoms with Crippen LogP contribution in [-0.4, -0.2) is 31.7 Å². The quantitative estimate of drug-likeness (QED) is 0.400. The van der Waals surface area contributed by atoms with E-state index in [1.165, 1.54) is 64.2 Å². The molecule has 0 aromatic carbocycles. The Labute approximate surface area is 122 Å². The zero-order valence-corrected chi connectivity index (χ0v) is 14.2. The first-order chi connectivity index (χ1) is 8.02. The monoisotopic (exact) mass is 277 g/mol. The minimum Gasteiger partial charge on any atom is -1.00 e. The van der Waals surface area contributed by atoms with Crippen molar-refractivity contribution in [3.05, 3.63) is 0 Å². The highest BCUT2D eigenvalue weighted by Crippen LogP contribution is 2.16. The van der Waals surface area contributed by atoms with Gasteiger partial charge < -0.3 is 16.9 Å². The van der Waals surface area contributed by atoms with E-state index in [4.69, 9.17) is 0 Å². The summed E-state index contributed by atoms with van der Waals surface area (Å²) in [5, 5.41) is 0. The summed E-state index contributed by atoms with van der Waals surface area (Å²) in [6.45, 7) is 4.62. The highest BCUT2D eigenvalue weighted by atomic mass is 35.5. The van der Waals surface area contributed by atoms with Crippen LogP contribution in [0.3, 0.4) is 0 Å². The van der Waals surface area contributed by atoms with Crippen LogP contribution in [-0.2, 0) is 0 Å². The molecule has 0 amide bonds. The summed E-state index contributed by atoms with van der Waals surface area (Å²) in [7, 11) is 7.00. The molecule has 18 heavy (non-hydrogen) atoms. The molecule has 0 heterocycles. The predicted molar refractivity (Wildman–Crippen MR) is 79.3 cm³/mol. The van der Waals surface area contributed by atoms with Gasteiger partial charge in [-0.25, -0.2) is 0 Å². The summed E-state index contributed by atoms with van der Waals surface area (Å²) in [5.74, 6) is 0. The van der Waals surface area contributed by atoms with Crippen molar-refractivity contribution < 1.29 is 16.9 Å². The Morgan fingerprint density at radius 3 is 1.56 bits per heavy atom. The van der Waals surface area contributed by atoms with Crippen molar-refractivity contribution >= 4 is 0 Å². The van der Waals surface area contributed by atoms with E-state index < -0.39 is 0 Å². The van der Waals surface area contributed by atoms with Crippen molar-refractivity contribution in [2.75, 3.05) is 21.1 Å². The molecule has 112 valence electrons. The third kappa shape index (κ3) is 11.3. The van der Waals surface area contributed by atoms with Crippen LogP contribution in [0.4, 0.5) is 0 Å². The molecule has 0 aliphatic carbocycles. The summed E-state index contributed by atoms with van der Waals surface area (Å²) in [5.41, 5.74) is 0. The van der Waals surface area contributed by atoms with Crippen LogP contribution >= 0.6 is 0 Å². The molecule has 0 radical (unpaired) electrons. The molecule has 0 bridgehead atoms. The first-order valence-corrected chi connectivity index (χ1v) is 7.83. The second kappa shape index (κ2) is 12.3. The Morgan fingerprint density at radius 1 is 0.722 bits per heavy atom. The fraction of sp³-hybridized carbons (Fsp3) is 1.00. The Bertz CT molecular complexity index is 163. The average Bonchev–Trinajstić information content (AvgIpc) is 2.25. The van der Waals surface area contributed by atoms with Crippen molar-refractivity contribution in [3.63, 3.8) is 0 Å². The smallest absolute Gasteiger partial charge is 0.0881 e. The number of halogens is 1. The largest absolute Gasteiger partial charge is 1.00 e. The lowest BCUT2D eigenvalue weighted by atomic mass is 10.0. The summed E-state index contributed by atoms with van der Waals surface area (Å²) in [6.07, 6.45) is 14.2. The van der Waals surface area contributed by atoms with Crippen LogP contribution in [0, 0.1) is 0 Å². The zero-order valence-electron chi connectivity index (χ0n) is 13.5. The highest BCUT2D eigenvalue weighted by Gasteiger charge is 2.20. The topological polar surface area (TPSA) is 0 Å². The number of hydrogen-bond donors (Lipinski definition) is 0. The molecule has 0 N–H and O–H groups in total. The standard InChI is InChI=1S/C16H36N.ClH/c1-6-8-9-10-11-12-13-14-15-16(7-2)17(3,4)5;/h16H,6-15H2,1-5H3;1H/q+1;/p-1. The van der Waals surface area contributed by atoms with E-state index in [0.717, 1.165) is 10.5 Å². The molecular formula is C16H36ClN. The van der Waals surface area contributed by atoms with Crippen LogP contribution in [0.2, 0.25) is 0 Å². The molecule has 0 aromatic heterocycles. The van der Waals surface area contributed by atoms with E-state index in [1.807, 2.05) is 0 Å². The van der Waals surface area contributed by atoms with Crippen molar-refractivity contribution in [2.24, 2.45) is 0 Å². The summed E-state index contributed by atoms with van der Waals surface area (Å²) in [6, 6.07) is 0.857. The number of quaternary nitrogens is 1. The third-order valence-corrected chi connectivity index (χ3v) is 3.96. The molecule has 1 nitrogen and oxygen atoms in total. The molecule has 0 fully saturated rings. The van der Waals surface area contributed by atoms with E-state index in [0.29, 0.717) is 0 Å². The summed E-state index contributed by atoms with van der Waals surface area (Å²) < 4.78 is 1.13. The fourth-order valence-electron chi connectivity index (χ4n) is 2.65. The Morgan fingerprint density at radius 2 is 1.17 bits per heavy atom. The van der Waals surface area contributed by atoms with Gasteiger partial charge in [0.1, 0.15) is 0 Å². The average molecular weight is 278 g/mol. The maximum Gasteiger partial charge on any atom is 0.0881 e. The van der Waals surface area contributed by atoms with Crippen LogP contribution in [0.1, 0.15) is 78.1 Å². The molecule has 1 atom stereocenters. The van der Waals surface area contributed by atoms with Crippen LogP contribution in [0.25, 0.3) is 0 Å². The molecule has 0 saturated carbocycles. The third-order valence-electron chi connectivity index (χ3n) is 3.96. The molecule has 2 heteroatoms. The van der Waals surface area contributed by atoms with E-state index in [2.05, 4.69) is 35.0 Å². The van der Waals surface area contributed by atoms with Gasteiger partial charge in [-0.2, -0.15) is 0 Å². The lowest BCUT2D eigenvalue weighted by Gasteiger charge is -2.33. The van der Waals surface area contributed by atoms with Gasteiger partial charge in [0.25, 0.3) is 0 Å². The Balaban J connectivity index is 0. The maximum atomic E-state index is 2.33. The normalized spacial score (nSPS) is 13.2. The van der Waals surface area contributed by atoms with Crippen LogP contribution < -0.4 is 12.4 Å². The fourth-order valence-corrected chi connectivity index (χ4v) is 2.65. The van der Waals surface area contributed by atoms with Crippen molar-refractivity contribution in [2.45, 2.75) is 84.1 Å². The second-order valence-corrected chi connectivity index (χ2v) is 6.44. The van der Waals surface area contributed by atoms with E-state index in [1.54, 1.807) is 0 Å². The van der Waals surface area contributed by atoms with Crippen LogP contribution in [0.15, 0.2) is 0 Å². The van der Waals surface area contributed by atoms with Crippen molar-refractivity contribution in [3.8, 4) is 0 Å². The number of hydrogen-bond acceptors (Lipinski definition) is 0. The van der Waals surface area contributed by atoms with E-state index in [-0.39, 0.29) is 12.4 Å². The molecule has 0 spiro atoms. The first-order valence-electron chi connectivity index (χ1n) is 7.83. The van der Waals surface area contributed by atoms with Crippen molar-refractivity contribution in [1.82, 2.24) is 0 Å². The van der Waals surface area contributed by atoms with E-state index >= 15 is 0 Å². The van der Waals surface area contributed by atoms with Gasteiger partial charge in [0, 0.05) is 0 Å². The SMILES string of the molecule is CCCCCCCCCCC(CC)[N+](C)(C)C.[Cl-]. The van der Waals surface area contributed by atoms with Crippen LogP contribution in [0.5, 0.6) is 0 Å². The molecule has 0 aromatic rings. The van der Waals surface area contributed by atoms with Gasteiger partial charge >= 0.3 is 0 Å². The second-order valence-electron chi connectivity index (χ2n) is 6.44. The molecule has 0 aliphatic rings. The minimum atomic E-state index is 0. The predicted octanol–water partition coefficient (Wildman–Crippen LogP) is 2.01. The highest BCUT2D eigenvalue weighted by molar-refractivity contribution is 4.56. The van der Waals surface area contributed by atoms with Gasteiger partial charge in [-0.15, -0.1) is 0 Å². The van der Waals surface area contributed by atoms with Gasteiger partial charge in [0.05, 0.1) is 27.2 Å². The lowest BCUT2D eigenvalue weighted by Crippen LogP contribution is -3.00. The summed E-state index contributed by atoms with van der Waals surface area (Å²) >= 11 is 0. The number of unbranched alkanes of at least 4 members (excludes halogenated alkanes) is 7. The molecule has 1 unspecified atom stereocenters. The molecule has 0 saturated heterocycles. The van der Waals surface area contributed by atoms with Gasteiger partial charge in [0.2, 0.25) is 0 Å². The van der Waals surface area contributed by atoms with Gasteiger partial charge in [-0.1, -0.05) is 58.8 Å². The Kier molecular flexibility index (Phi) is 14.0. The number of nitrogens with zero attached hydrogens (tertiary/aromatic N) is 1. The van der Waals surface area contributed by atoms with Gasteiger partial charge in [0.15, 0.2) is 0 Å². The van der Waals surface area contributed by atoms with Gasteiger partial charge in [-0.3, -0.25) is 0 Å². The maximum absolute atomic E-state index is 2.33. The zero-order chi connectivity index (χ0) is 13.1. The lowest BCUT2D eigenvalue weighted by molar-refractivity contribution is -0.896.